The number of para-hydroxylation sites is 1. The first-order valence-electron chi connectivity index (χ1n) is 12.0. The second-order valence-electron chi connectivity index (χ2n) is 8.52. The van der Waals surface area contributed by atoms with Crippen molar-refractivity contribution in [3.05, 3.63) is 119 Å². The number of ketones is 1. The molecular formula is C30H23N5O3. The number of ether oxygens (including phenoxy) is 1. The van der Waals surface area contributed by atoms with Gasteiger partial charge in [-0.3, -0.25) is 4.79 Å². The van der Waals surface area contributed by atoms with Gasteiger partial charge in [0.25, 0.3) is 0 Å². The lowest BCUT2D eigenvalue weighted by Gasteiger charge is -2.07. The Kier molecular flexibility index (Phi) is 6.66. The number of nitrogens with zero attached hydrogens (tertiary/aromatic N) is 5. The first-order chi connectivity index (χ1) is 18.5. The van der Waals surface area contributed by atoms with Gasteiger partial charge < -0.3 is 4.74 Å². The van der Waals surface area contributed by atoms with E-state index in [1.165, 1.54) is 10.9 Å². The van der Waals surface area contributed by atoms with Gasteiger partial charge in [-0.25, -0.2) is 14.2 Å². The van der Waals surface area contributed by atoms with Crippen LogP contribution in [0, 0.1) is 18.3 Å². The molecule has 8 heteroatoms. The Morgan fingerprint density at radius 1 is 0.868 bits per heavy atom. The molecule has 3 aromatic carbocycles. The molecule has 5 rings (SSSR count). The molecule has 38 heavy (non-hydrogen) atoms. The number of aryl methyl sites for hydroxylation is 1. The van der Waals surface area contributed by atoms with Crippen LogP contribution < -0.4 is 0 Å². The highest BCUT2D eigenvalue weighted by Gasteiger charge is 2.31. The number of aromatic nitrogens is 4. The monoisotopic (exact) mass is 501 g/mol. The molecule has 0 saturated carbocycles. The molecule has 0 atom stereocenters. The van der Waals surface area contributed by atoms with Crippen LogP contribution in [0.1, 0.15) is 44.6 Å². The van der Waals surface area contributed by atoms with Gasteiger partial charge in [0.15, 0.2) is 11.4 Å². The van der Waals surface area contributed by atoms with Crippen LogP contribution in [0.2, 0.25) is 0 Å². The summed E-state index contributed by atoms with van der Waals surface area (Å²) in [6.45, 7) is 3.76. The van der Waals surface area contributed by atoms with E-state index in [4.69, 9.17) is 4.74 Å². The molecule has 0 aliphatic carbocycles. The van der Waals surface area contributed by atoms with Crippen molar-refractivity contribution < 1.29 is 14.3 Å². The van der Waals surface area contributed by atoms with E-state index in [1.807, 2.05) is 91.9 Å². The minimum atomic E-state index is -0.731. The Bertz CT molecular complexity index is 1660. The molecule has 0 aliphatic rings. The van der Waals surface area contributed by atoms with Crippen LogP contribution in [0.5, 0.6) is 0 Å². The van der Waals surface area contributed by atoms with E-state index >= 15 is 0 Å². The fourth-order valence-corrected chi connectivity index (χ4v) is 4.15. The van der Waals surface area contributed by atoms with Crippen LogP contribution in [0.25, 0.3) is 22.6 Å². The van der Waals surface area contributed by atoms with Crippen molar-refractivity contribution in [2.24, 2.45) is 0 Å². The lowest BCUT2D eigenvalue weighted by Crippen LogP contribution is -2.13. The predicted octanol–water partition coefficient (Wildman–Crippen LogP) is 5.31. The molecule has 2 aromatic heterocycles. The molecule has 0 aliphatic heterocycles. The Balaban J connectivity index is 1.71. The normalized spacial score (nSPS) is 10.7. The third-order valence-electron chi connectivity index (χ3n) is 5.99. The highest BCUT2D eigenvalue weighted by molar-refractivity contribution is 6.14. The van der Waals surface area contributed by atoms with E-state index in [2.05, 4.69) is 16.3 Å². The highest BCUT2D eigenvalue weighted by Crippen LogP contribution is 2.30. The maximum Gasteiger partial charge on any atom is 0.359 e. The standard InChI is InChI=1S/C30H23N5O3/c1-3-38-30(37)27-25(19-34(32-27)22-16-14-20(2)15-17-22)29(36)26-24(18-31)28(21-10-6-4-7-11-21)35(33-26)23-12-8-5-9-13-23/h4-17,19H,3H2,1-2H3. The first-order valence-corrected chi connectivity index (χ1v) is 12.0. The number of benzene rings is 3. The average molecular weight is 502 g/mol. The highest BCUT2D eigenvalue weighted by atomic mass is 16.5. The third kappa shape index (κ3) is 4.49. The molecule has 0 saturated heterocycles. The SMILES string of the molecule is CCOC(=O)c1nn(-c2ccc(C)cc2)cc1C(=O)c1nn(-c2ccccc2)c(-c2ccccc2)c1C#N. The van der Waals surface area contributed by atoms with Crippen molar-refractivity contribution in [1.82, 2.24) is 19.6 Å². The molecular weight excluding hydrogens is 478 g/mol. The van der Waals surface area contributed by atoms with Crippen LogP contribution in [-0.2, 0) is 4.74 Å². The Hall–Kier alpha value is -5.29. The van der Waals surface area contributed by atoms with Crippen LogP contribution in [0.4, 0.5) is 0 Å². The van der Waals surface area contributed by atoms with Gasteiger partial charge in [-0.1, -0.05) is 66.2 Å². The maximum absolute atomic E-state index is 14.0. The van der Waals surface area contributed by atoms with Gasteiger partial charge in [0.1, 0.15) is 11.6 Å². The average Bonchev–Trinajstić information content (AvgIpc) is 3.57. The summed E-state index contributed by atoms with van der Waals surface area (Å²) in [5, 5.41) is 19.2. The number of carbonyl (C=O) groups excluding carboxylic acids is 2. The van der Waals surface area contributed by atoms with Crippen LogP contribution >= 0.6 is 0 Å². The number of hydrogen-bond acceptors (Lipinski definition) is 6. The second-order valence-corrected chi connectivity index (χ2v) is 8.52. The largest absolute Gasteiger partial charge is 0.461 e. The van der Waals surface area contributed by atoms with E-state index in [-0.39, 0.29) is 29.1 Å². The zero-order valence-electron chi connectivity index (χ0n) is 20.8. The number of nitriles is 1. The van der Waals surface area contributed by atoms with Crippen molar-refractivity contribution >= 4 is 11.8 Å². The predicted molar refractivity (Wildman–Crippen MR) is 141 cm³/mol. The lowest BCUT2D eigenvalue weighted by atomic mass is 10.0. The van der Waals surface area contributed by atoms with E-state index in [0.717, 1.165) is 11.1 Å². The van der Waals surface area contributed by atoms with Crippen LogP contribution in [-0.4, -0.2) is 37.9 Å². The summed E-state index contributed by atoms with van der Waals surface area (Å²) in [5.74, 6) is -1.33. The summed E-state index contributed by atoms with van der Waals surface area (Å²) >= 11 is 0. The van der Waals surface area contributed by atoms with E-state index in [9.17, 15) is 14.9 Å². The van der Waals surface area contributed by atoms with E-state index in [1.54, 1.807) is 11.6 Å². The molecule has 0 bridgehead atoms. The summed E-state index contributed by atoms with van der Waals surface area (Å²) in [5.41, 5.74) is 3.48. The maximum atomic E-state index is 14.0. The van der Waals surface area contributed by atoms with Gasteiger partial charge in [0, 0.05) is 11.8 Å². The van der Waals surface area contributed by atoms with Crippen molar-refractivity contribution in [3.63, 3.8) is 0 Å². The summed E-state index contributed by atoms with van der Waals surface area (Å²) in [6, 6.07) is 28.2. The molecule has 0 amide bonds. The fourth-order valence-electron chi connectivity index (χ4n) is 4.15. The van der Waals surface area contributed by atoms with Gasteiger partial charge in [0.2, 0.25) is 5.78 Å². The van der Waals surface area contributed by atoms with Gasteiger partial charge >= 0.3 is 5.97 Å². The summed E-state index contributed by atoms with van der Waals surface area (Å²) < 4.78 is 8.22. The molecule has 0 fully saturated rings. The van der Waals surface area contributed by atoms with E-state index in [0.29, 0.717) is 17.1 Å². The number of esters is 1. The molecule has 186 valence electrons. The number of carbonyl (C=O) groups is 2. The molecule has 0 radical (unpaired) electrons. The zero-order valence-corrected chi connectivity index (χ0v) is 20.8. The molecule has 8 nitrogen and oxygen atoms in total. The van der Waals surface area contributed by atoms with E-state index < -0.39 is 11.8 Å². The minimum Gasteiger partial charge on any atom is -0.461 e. The van der Waals surface area contributed by atoms with Crippen LogP contribution in [0.15, 0.2) is 91.1 Å². The smallest absolute Gasteiger partial charge is 0.359 e. The Morgan fingerprint density at radius 3 is 2.16 bits per heavy atom. The summed E-state index contributed by atoms with van der Waals surface area (Å²) in [4.78, 5) is 26.8. The van der Waals surface area contributed by atoms with Crippen molar-refractivity contribution in [1.29, 1.82) is 5.26 Å². The summed E-state index contributed by atoms with van der Waals surface area (Å²) in [6.07, 6.45) is 1.48. The zero-order chi connectivity index (χ0) is 26.6. The molecule has 0 spiro atoms. The molecule has 0 N–H and O–H groups in total. The molecule has 0 unspecified atom stereocenters. The van der Waals surface area contributed by atoms with Gasteiger partial charge in [-0.15, -0.1) is 0 Å². The lowest BCUT2D eigenvalue weighted by molar-refractivity contribution is 0.0516. The Labute approximate surface area is 219 Å². The molecule has 5 aromatic rings. The quantitative estimate of drug-likeness (QED) is 0.221. The van der Waals surface area contributed by atoms with Crippen molar-refractivity contribution in [2.45, 2.75) is 13.8 Å². The third-order valence-corrected chi connectivity index (χ3v) is 5.99. The van der Waals surface area contributed by atoms with Crippen molar-refractivity contribution in [3.8, 4) is 28.7 Å². The topological polar surface area (TPSA) is 103 Å². The first kappa shape index (κ1) is 24.4. The minimum absolute atomic E-state index is 0.00199. The number of hydrogen-bond donors (Lipinski definition) is 0. The van der Waals surface area contributed by atoms with Crippen molar-refractivity contribution in [2.75, 3.05) is 6.61 Å². The Morgan fingerprint density at radius 2 is 1.53 bits per heavy atom. The summed E-state index contributed by atoms with van der Waals surface area (Å²) in [7, 11) is 0. The molecule has 2 heterocycles. The fraction of sp³-hybridized carbons (Fsp3) is 0.100. The number of rotatable bonds is 7. The second kappa shape index (κ2) is 10.4. The van der Waals surface area contributed by atoms with Gasteiger partial charge in [-0.2, -0.15) is 15.5 Å². The van der Waals surface area contributed by atoms with Gasteiger partial charge in [-0.05, 0) is 38.1 Å². The van der Waals surface area contributed by atoms with Gasteiger partial charge in [0.05, 0.1) is 29.2 Å². The van der Waals surface area contributed by atoms with Crippen LogP contribution in [0.3, 0.4) is 0 Å².